The summed E-state index contributed by atoms with van der Waals surface area (Å²) in [5, 5.41) is 3.02. The predicted octanol–water partition coefficient (Wildman–Crippen LogP) is 3.65. The number of methoxy groups -OCH3 is 2. The monoisotopic (exact) mass is 293 g/mol. The summed E-state index contributed by atoms with van der Waals surface area (Å²) in [6.45, 7) is 6.46. The first-order valence-electron chi connectivity index (χ1n) is 7.50. The minimum absolute atomic E-state index is 0.105. The molecule has 118 valence electrons. The smallest absolute Gasteiger partial charge is 0.255 e. The molecule has 0 unspecified atom stereocenters. The molecule has 0 aliphatic heterocycles. The molecule has 0 radical (unpaired) electrons. The second-order valence-corrected chi connectivity index (χ2v) is 5.77. The van der Waals surface area contributed by atoms with Crippen LogP contribution in [0.5, 0.6) is 11.5 Å². The van der Waals surface area contributed by atoms with Gasteiger partial charge in [-0.2, -0.15) is 0 Å². The molecule has 0 aliphatic rings. The fraction of sp³-hybridized carbons (Fsp3) is 0.588. The van der Waals surface area contributed by atoms with Crippen LogP contribution in [0.15, 0.2) is 18.2 Å². The van der Waals surface area contributed by atoms with Crippen LogP contribution in [-0.2, 0) is 0 Å². The van der Waals surface area contributed by atoms with Crippen molar-refractivity contribution in [3.63, 3.8) is 0 Å². The number of nitrogens with one attached hydrogen (secondary N) is 1. The standard InChI is InChI=1S/C17H27NO3/c1-12(2)7-6-8-13(3)18-17(19)15-10-9-14(20-4)11-16(15)21-5/h9-13H,6-8H2,1-5H3,(H,18,19)/t13-/m1/s1. The van der Waals surface area contributed by atoms with E-state index in [0.29, 0.717) is 23.0 Å². The fourth-order valence-electron chi connectivity index (χ4n) is 2.19. The maximum Gasteiger partial charge on any atom is 0.255 e. The van der Waals surface area contributed by atoms with Gasteiger partial charge in [0.2, 0.25) is 0 Å². The highest BCUT2D eigenvalue weighted by atomic mass is 16.5. The average Bonchev–Trinajstić information content (AvgIpc) is 2.45. The molecule has 4 nitrogen and oxygen atoms in total. The lowest BCUT2D eigenvalue weighted by Gasteiger charge is -2.16. The molecule has 0 heterocycles. The zero-order valence-corrected chi connectivity index (χ0v) is 13.7. The first-order valence-corrected chi connectivity index (χ1v) is 7.50. The molecule has 21 heavy (non-hydrogen) atoms. The topological polar surface area (TPSA) is 47.6 Å². The highest BCUT2D eigenvalue weighted by Crippen LogP contribution is 2.24. The van der Waals surface area contributed by atoms with Crippen LogP contribution in [0.25, 0.3) is 0 Å². The largest absolute Gasteiger partial charge is 0.497 e. The Bertz CT molecular complexity index is 457. The van der Waals surface area contributed by atoms with Crippen molar-refractivity contribution in [1.82, 2.24) is 5.32 Å². The molecule has 0 bridgehead atoms. The summed E-state index contributed by atoms with van der Waals surface area (Å²) in [6, 6.07) is 5.37. The van der Waals surface area contributed by atoms with Crippen LogP contribution in [0.2, 0.25) is 0 Å². The number of carbonyl (C=O) groups excluding carboxylic acids is 1. The summed E-state index contributed by atoms with van der Waals surface area (Å²) in [5.74, 6) is 1.80. The van der Waals surface area contributed by atoms with Gasteiger partial charge in [0.25, 0.3) is 5.91 Å². The Hall–Kier alpha value is -1.71. The van der Waals surface area contributed by atoms with E-state index in [0.717, 1.165) is 12.8 Å². The molecule has 0 aromatic heterocycles. The zero-order valence-electron chi connectivity index (χ0n) is 13.7. The number of benzene rings is 1. The van der Waals surface area contributed by atoms with E-state index < -0.39 is 0 Å². The Balaban J connectivity index is 2.62. The van der Waals surface area contributed by atoms with Crippen molar-refractivity contribution in [1.29, 1.82) is 0 Å². The summed E-state index contributed by atoms with van der Waals surface area (Å²) in [5.41, 5.74) is 0.536. The number of amides is 1. The molecule has 1 aromatic carbocycles. The number of hydrogen-bond donors (Lipinski definition) is 1. The molecule has 0 saturated carbocycles. The minimum atomic E-state index is -0.105. The lowest BCUT2D eigenvalue weighted by atomic mass is 10.0. The average molecular weight is 293 g/mol. The second-order valence-electron chi connectivity index (χ2n) is 5.77. The molecule has 1 N–H and O–H groups in total. The lowest BCUT2D eigenvalue weighted by molar-refractivity contribution is 0.0934. The van der Waals surface area contributed by atoms with Gasteiger partial charge in [0, 0.05) is 12.1 Å². The summed E-state index contributed by atoms with van der Waals surface area (Å²) >= 11 is 0. The van der Waals surface area contributed by atoms with E-state index in [2.05, 4.69) is 19.2 Å². The van der Waals surface area contributed by atoms with Crippen LogP contribution in [-0.4, -0.2) is 26.2 Å². The molecule has 4 heteroatoms. The molecule has 0 saturated heterocycles. The second kappa shape index (κ2) is 8.55. The van der Waals surface area contributed by atoms with Gasteiger partial charge >= 0.3 is 0 Å². The molecule has 1 aromatic rings. The van der Waals surface area contributed by atoms with Crippen LogP contribution in [0.3, 0.4) is 0 Å². The zero-order chi connectivity index (χ0) is 15.8. The van der Waals surface area contributed by atoms with Crippen molar-refractivity contribution in [3.05, 3.63) is 23.8 Å². The lowest BCUT2D eigenvalue weighted by Crippen LogP contribution is -2.32. The Labute approximate surface area is 127 Å². The van der Waals surface area contributed by atoms with Gasteiger partial charge < -0.3 is 14.8 Å². The molecule has 0 fully saturated rings. The Morgan fingerprint density at radius 2 is 1.86 bits per heavy atom. The molecule has 0 aliphatic carbocycles. The van der Waals surface area contributed by atoms with Gasteiger partial charge in [-0.3, -0.25) is 4.79 Å². The van der Waals surface area contributed by atoms with Gasteiger partial charge in [0.1, 0.15) is 11.5 Å². The van der Waals surface area contributed by atoms with E-state index in [-0.39, 0.29) is 11.9 Å². The van der Waals surface area contributed by atoms with Crippen molar-refractivity contribution < 1.29 is 14.3 Å². The molecular formula is C17H27NO3. The highest BCUT2D eigenvalue weighted by molar-refractivity contribution is 5.97. The third-order valence-electron chi connectivity index (χ3n) is 3.45. The number of ether oxygens (including phenoxy) is 2. The van der Waals surface area contributed by atoms with Gasteiger partial charge in [-0.25, -0.2) is 0 Å². The van der Waals surface area contributed by atoms with Crippen LogP contribution < -0.4 is 14.8 Å². The van der Waals surface area contributed by atoms with Crippen molar-refractivity contribution >= 4 is 5.91 Å². The Morgan fingerprint density at radius 1 is 1.14 bits per heavy atom. The van der Waals surface area contributed by atoms with Crippen LogP contribution >= 0.6 is 0 Å². The first-order chi connectivity index (χ1) is 9.97. The third kappa shape index (κ3) is 5.66. The van der Waals surface area contributed by atoms with Gasteiger partial charge in [-0.1, -0.05) is 26.7 Å². The van der Waals surface area contributed by atoms with E-state index in [4.69, 9.17) is 9.47 Å². The van der Waals surface area contributed by atoms with Crippen molar-refractivity contribution in [2.45, 2.75) is 46.1 Å². The van der Waals surface area contributed by atoms with Crippen LogP contribution in [0, 0.1) is 5.92 Å². The van der Waals surface area contributed by atoms with Gasteiger partial charge in [0.05, 0.1) is 19.8 Å². The summed E-state index contributed by atoms with van der Waals surface area (Å²) < 4.78 is 10.4. The maximum absolute atomic E-state index is 12.3. The Morgan fingerprint density at radius 3 is 2.43 bits per heavy atom. The maximum atomic E-state index is 12.3. The minimum Gasteiger partial charge on any atom is -0.497 e. The summed E-state index contributed by atoms with van der Waals surface area (Å²) in [6.07, 6.45) is 3.30. The van der Waals surface area contributed by atoms with Gasteiger partial charge in [-0.15, -0.1) is 0 Å². The van der Waals surface area contributed by atoms with Gasteiger partial charge in [-0.05, 0) is 31.4 Å². The van der Waals surface area contributed by atoms with E-state index in [1.165, 1.54) is 6.42 Å². The number of carbonyl (C=O) groups is 1. The van der Waals surface area contributed by atoms with Crippen LogP contribution in [0.4, 0.5) is 0 Å². The highest BCUT2D eigenvalue weighted by Gasteiger charge is 2.15. The molecule has 1 amide bonds. The summed E-state index contributed by atoms with van der Waals surface area (Å²) in [7, 11) is 3.14. The van der Waals surface area contributed by atoms with Crippen molar-refractivity contribution in [3.8, 4) is 11.5 Å². The fourth-order valence-corrected chi connectivity index (χ4v) is 2.19. The number of rotatable bonds is 8. The SMILES string of the molecule is COc1ccc(C(=O)N[C@H](C)CCCC(C)C)c(OC)c1. The number of hydrogen-bond acceptors (Lipinski definition) is 3. The summed E-state index contributed by atoms with van der Waals surface area (Å²) in [4.78, 5) is 12.3. The molecular weight excluding hydrogens is 266 g/mol. The molecule has 1 atom stereocenters. The Kier molecular flexibility index (Phi) is 7.06. The van der Waals surface area contributed by atoms with E-state index in [1.54, 1.807) is 32.4 Å². The first kappa shape index (κ1) is 17.3. The van der Waals surface area contributed by atoms with E-state index in [9.17, 15) is 4.79 Å². The van der Waals surface area contributed by atoms with Crippen molar-refractivity contribution in [2.24, 2.45) is 5.92 Å². The van der Waals surface area contributed by atoms with E-state index in [1.807, 2.05) is 6.92 Å². The molecule has 0 spiro atoms. The van der Waals surface area contributed by atoms with Gasteiger partial charge in [0.15, 0.2) is 0 Å². The van der Waals surface area contributed by atoms with Crippen molar-refractivity contribution in [2.75, 3.05) is 14.2 Å². The normalized spacial score (nSPS) is 12.1. The van der Waals surface area contributed by atoms with Crippen LogP contribution in [0.1, 0.15) is 50.4 Å². The quantitative estimate of drug-likeness (QED) is 0.796. The predicted molar refractivity (Wildman–Crippen MR) is 85.2 cm³/mol. The molecule has 1 rings (SSSR count). The third-order valence-corrected chi connectivity index (χ3v) is 3.45. The van der Waals surface area contributed by atoms with E-state index >= 15 is 0 Å².